The van der Waals surface area contributed by atoms with Crippen molar-refractivity contribution in [1.29, 1.82) is 0 Å². The van der Waals surface area contributed by atoms with Crippen LogP contribution in [0.2, 0.25) is 0 Å². The van der Waals surface area contributed by atoms with Crippen LogP contribution in [0.1, 0.15) is 20.8 Å². The van der Waals surface area contributed by atoms with Gasteiger partial charge in [-0.05, 0) is 24.3 Å². The number of amides is 1. The van der Waals surface area contributed by atoms with Crippen molar-refractivity contribution in [3.63, 3.8) is 0 Å². The zero-order valence-electron chi connectivity index (χ0n) is 11.6. The predicted octanol–water partition coefficient (Wildman–Crippen LogP) is 2.55. The number of carboxylic acids is 1. The van der Waals surface area contributed by atoms with Crippen LogP contribution in [0.3, 0.4) is 0 Å². The number of thiazole rings is 1. The highest BCUT2D eigenvalue weighted by Gasteiger charge is 2.12. The Balaban J connectivity index is 1.73. The molecule has 0 radical (unpaired) electrons. The Bertz CT molecular complexity index is 847. The van der Waals surface area contributed by atoms with Gasteiger partial charge in [-0.25, -0.2) is 9.78 Å². The second-order valence-electron chi connectivity index (χ2n) is 4.44. The highest BCUT2D eigenvalue weighted by molar-refractivity contribution is 7.14. The average Bonchev–Trinajstić information content (AvgIpc) is 3.04. The second-order valence-corrected chi connectivity index (χ2v) is 5.30. The topological polar surface area (TPSA) is 105 Å². The van der Waals surface area contributed by atoms with Crippen LogP contribution >= 0.6 is 11.3 Å². The van der Waals surface area contributed by atoms with E-state index >= 15 is 0 Å². The van der Waals surface area contributed by atoms with Crippen LogP contribution in [-0.4, -0.2) is 31.9 Å². The Labute approximate surface area is 134 Å². The SMILES string of the molecule is O=C(O)c1ccc(C(=O)Nc2nc(-c3ccccn3)cs2)nc1. The van der Waals surface area contributed by atoms with Crippen LogP contribution in [0.25, 0.3) is 11.4 Å². The van der Waals surface area contributed by atoms with Crippen LogP contribution in [0.15, 0.2) is 48.1 Å². The molecule has 3 rings (SSSR count). The number of pyridine rings is 2. The van der Waals surface area contributed by atoms with Crippen molar-refractivity contribution < 1.29 is 14.7 Å². The summed E-state index contributed by atoms with van der Waals surface area (Å²) in [6.45, 7) is 0. The fraction of sp³-hybridized carbons (Fsp3) is 0. The molecule has 0 aliphatic carbocycles. The molecule has 0 aromatic carbocycles. The van der Waals surface area contributed by atoms with Crippen molar-refractivity contribution in [2.45, 2.75) is 0 Å². The minimum atomic E-state index is -1.09. The lowest BCUT2D eigenvalue weighted by Crippen LogP contribution is -2.14. The number of nitrogens with one attached hydrogen (secondary N) is 1. The van der Waals surface area contributed by atoms with Gasteiger partial charge in [-0.3, -0.25) is 20.1 Å². The Kier molecular flexibility index (Phi) is 4.07. The third kappa shape index (κ3) is 3.38. The molecular weight excluding hydrogens is 316 g/mol. The van der Waals surface area contributed by atoms with E-state index in [1.807, 2.05) is 18.2 Å². The van der Waals surface area contributed by atoms with Crippen LogP contribution in [-0.2, 0) is 0 Å². The summed E-state index contributed by atoms with van der Waals surface area (Å²) >= 11 is 1.27. The number of anilines is 1. The van der Waals surface area contributed by atoms with Crippen molar-refractivity contribution in [3.8, 4) is 11.4 Å². The Morgan fingerprint density at radius 1 is 1.09 bits per heavy atom. The van der Waals surface area contributed by atoms with E-state index in [0.29, 0.717) is 16.5 Å². The molecule has 23 heavy (non-hydrogen) atoms. The van der Waals surface area contributed by atoms with Gasteiger partial charge < -0.3 is 5.11 Å². The maximum atomic E-state index is 12.1. The first kappa shape index (κ1) is 14.8. The standard InChI is InChI=1S/C15H10N4O3S/c20-13(11-5-4-9(7-17-11)14(21)22)19-15-18-12(8-23-15)10-3-1-2-6-16-10/h1-8H,(H,21,22)(H,18,19,20). The predicted molar refractivity (Wildman–Crippen MR) is 84.5 cm³/mol. The molecule has 0 atom stereocenters. The lowest BCUT2D eigenvalue weighted by atomic mass is 10.2. The fourth-order valence-electron chi connectivity index (χ4n) is 1.78. The summed E-state index contributed by atoms with van der Waals surface area (Å²) in [7, 11) is 0. The van der Waals surface area contributed by atoms with Gasteiger partial charge in [0, 0.05) is 17.8 Å². The summed E-state index contributed by atoms with van der Waals surface area (Å²) in [5.74, 6) is -1.55. The number of hydrogen-bond donors (Lipinski definition) is 2. The largest absolute Gasteiger partial charge is 0.478 e. The van der Waals surface area contributed by atoms with Crippen molar-refractivity contribution in [2.24, 2.45) is 0 Å². The van der Waals surface area contributed by atoms with E-state index < -0.39 is 11.9 Å². The molecule has 0 saturated heterocycles. The molecular formula is C15H10N4O3S. The average molecular weight is 326 g/mol. The maximum absolute atomic E-state index is 12.1. The molecule has 0 bridgehead atoms. The van der Waals surface area contributed by atoms with E-state index in [4.69, 9.17) is 5.11 Å². The summed E-state index contributed by atoms with van der Waals surface area (Å²) < 4.78 is 0. The first-order valence-corrected chi connectivity index (χ1v) is 7.39. The van der Waals surface area contributed by atoms with Gasteiger partial charge in [0.15, 0.2) is 5.13 Å². The van der Waals surface area contributed by atoms with Crippen molar-refractivity contribution in [1.82, 2.24) is 15.0 Å². The molecule has 0 aliphatic heterocycles. The molecule has 0 unspecified atom stereocenters. The number of carbonyl (C=O) groups is 2. The van der Waals surface area contributed by atoms with E-state index in [-0.39, 0.29) is 11.3 Å². The molecule has 3 aromatic rings. The molecule has 7 nitrogen and oxygen atoms in total. The number of carboxylic acid groups (broad SMARTS) is 1. The first-order valence-electron chi connectivity index (χ1n) is 6.51. The van der Waals surface area contributed by atoms with E-state index in [9.17, 15) is 9.59 Å². The summed E-state index contributed by atoms with van der Waals surface area (Å²) in [4.78, 5) is 35.1. The summed E-state index contributed by atoms with van der Waals surface area (Å²) in [6.07, 6.45) is 2.80. The summed E-state index contributed by atoms with van der Waals surface area (Å²) in [5, 5.41) is 13.6. The summed E-state index contributed by atoms with van der Waals surface area (Å²) in [6, 6.07) is 8.17. The molecule has 1 amide bonds. The Hall–Kier alpha value is -3.13. The van der Waals surface area contributed by atoms with Crippen molar-refractivity contribution in [2.75, 3.05) is 5.32 Å². The van der Waals surface area contributed by atoms with E-state index in [0.717, 1.165) is 6.20 Å². The molecule has 3 aromatic heterocycles. The number of nitrogens with zero attached hydrogens (tertiary/aromatic N) is 3. The second kappa shape index (κ2) is 6.32. The van der Waals surface area contributed by atoms with E-state index in [1.165, 1.54) is 23.5 Å². The monoisotopic (exact) mass is 326 g/mol. The maximum Gasteiger partial charge on any atom is 0.337 e. The van der Waals surface area contributed by atoms with Gasteiger partial charge in [-0.1, -0.05) is 6.07 Å². The van der Waals surface area contributed by atoms with Crippen molar-refractivity contribution >= 4 is 28.3 Å². The van der Waals surface area contributed by atoms with Gasteiger partial charge >= 0.3 is 5.97 Å². The third-order valence-corrected chi connectivity index (χ3v) is 3.65. The van der Waals surface area contributed by atoms with Gasteiger partial charge in [0.05, 0.1) is 11.3 Å². The summed E-state index contributed by atoms with van der Waals surface area (Å²) in [5.41, 5.74) is 1.52. The molecule has 8 heteroatoms. The smallest absolute Gasteiger partial charge is 0.337 e. The quantitative estimate of drug-likeness (QED) is 0.763. The number of aromatic nitrogens is 3. The number of carbonyl (C=O) groups excluding carboxylic acids is 1. The molecule has 0 aliphatic rings. The van der Waals surface area contributed by atoms with Gasteiger partial charge in [0.25, 0.3) is 5.91 Å². The molecule has 0 fully saturated rings. The minimum Gasteiger partial charge on any atom is -0.478 e. The van der Waals surface area contributed by atoms with Crippen molar-refractivity contribution in [3.05, 3.63) is 59.4 Å². The minimum absolute atomic E-state index is 0.0215. The van der Waals surface area contributed by atoms with Crippen LogP contribution in [0, 0.1) is 0 Å². The zero-order chi connectivity index (χ0) is 16.2. The van der Waals surface area contributed by atoms with Gasteiger partial charge in [-0.2, -0.15) is 0 Å². The normalized spacial score (nSPS) is 10.3. The van der Waals surface area contributed by atoms with Crippen LogP contribution in [0.5, 0.6) is 0 Å². The van der Waals surface area contributed by atoms with Gasteiger partial charge in [0.1, 0.15) is 11.4 Å². The molecule has 0 saturated carbocycles. The zero-order valence-corrected chi connectivity index (χ0v) is 12.4. The Morgan fingerprint density at radius 2 is 1.96 bits per heavy atom. The Morgan fingerprint density at radius 3 is 2.61 bits per heavy atom. The van der Waals surface area contributed by atoms with E-state index in [2.05, 4.69) is 20.3 Å². The van der Waals surface area contributed by atoms with Crippen LogP contribution < -0.4 is 5.32 Å². The highest BCUT2D eigenvalue weighted by atomic mass is 32.1. The lowest BCUT2D eigenvalue weighted by molar-refractivity contribution is 0.0696. The number of rotatable bonds is 4. The van der Waals surface area contributed by atoms with Gasteiger partial charge in [-0.15, -0.1) is 11.3 Å². The molecule has 2 N–H and O–H groups in total. The van der Waals surface area contributed by atoms with E-state index in [1.54, 1.807) is 11.6 Å². The third-order valence-electron chi connectivity index (χ3n) is 2.90. The highest BCUT2D eigenvalue weighted by Crippen LogP contribution is 2.23. The molecule has 3 heterocycles. The molecule has 0 spiro atoms. The number of hydrogen-bond acceptors (Lipinski definition) is 6. The molecule has 114 valence electrons. The first-order chi connectivity index (χ1) is 11.1. The lowest BCUT2D eigenvalue weighted by Gasteiger charge is -2.01. The van der Waals surface area contributed by atoms with Crippen LogP contribution in [0.4, 0.5) is 5.13 Å². The fourth-order valence-corrected chi connectivity index (χ4v) is 2.48. The number of aromatic carboxylic acids is 1. The van der Waals surface area contributed by atoms with Gasteiger partial charge in [0.2, 0.25) is 0 Å².